The van der Waals surface area contributed by atoms with Crippen LogP contribution in [-0.2, 0) is 6.54 Å². The smallest absolute Gasteiger partial charge is 0.0992 e. The standard InChI is InChI=1S/C15H14N4/c16-10-13-1-2-14-15(9-13)19(8-7-18-14)11-12-3-5-17-6-4-12/h1-6,9,18H,7-8,11H2. The van der Waals surface area contributed by atoms with Crippen LogP contribution >= 0.6 is 0 Å². The predicted octanol–water partition coefficient (Wildman–Crippen LogP) is 2.39. The molecule has 0 aliphatic carbocycles. The van der Waals surface area contributed by atoms with Gasteiger partial charge in [0, 0.05) is 32.0 Å². The zero-order chi connectivity index (χ0) is 13.1. The van der Waals surface area contributed by atoms with Crippen molar-refractivity contribution in [2.24, 2.45) is 0 Å². The summed E-state index contributed by atoms with van der Waals surface area (Å²) in [6.45, 7) is 2.69. The third kappa shape index (κ3) is 2.36. The Balaban J connectivity index is 1.91. The molecule has 1 aromatic heterocycles. The van der Waals surface area contributed by atoms with Gasteiger partial charge in [-0.1, -0.05) is 0 Å². The number of nitrogens with zero attached hydrogens (tertiary/aromatic N) is 3. The molecule has 3 rings (SSSR count). The van der Waals surface area contributed by atoms with E-state index in [4.69, 9.17) is 5.26 Å². The lowest BCUT2D eigenvalue weighted by Crippen LogP contribution is -2.33. The van der Waals surface area contributed by atoms with Gasteiger partial charge >= 0.3 is 0 Å². The summed E-state index contributed by atoms with van der Waals surface area (Å²) in [5.41, 5.74) is 4.12. The van der Waals surface area contributed by atoms with E-state index in [-0.39, 0.29) is 0 Å². The average molecular weight is 250 g/mol. The first-order chi connectivity index (χ1) is 9.36. The van der Waals surface area contributed by atoms with Crippen LogP contribution < -0.4 is 10.2 Å². The van der Waals surface area contributed by atoms with Gasteiger partial charge in [0.2, 0.25) is 0 Å². The van der Waals surface area contributed by atoms with Gasteiger partial charge in [-0.2, -0.15) is 5.26 Å². The maximum absolute atomic E-state index is 9.02. The molecule has 1 aromatic carbocycles. The zero-order valence-electron chi connectivity index (χ0n) is 10.5. The minimum absolute atomic E-state index is 0.696. The van der Waals surface area contributed by atoms with Crippen molar-refractivity contribution < 1.29 is 0 Å². The molecule has 2 aromatic rings. The van der Waals surface area contributed by atoms with E-state index in [1.807, 2.05) is 42.7 Å². The number of anilines is 2. The molecule has 94 valence electrons. The molecular formula is C15H14N4. The van der Waals surface area contributed by atoms with Gasteiger partial charge < -0.3 is 10.2 Å². The second kappa shape index (κ2) is 4.99. The van der Waals surface area contributed by atoms with Gasteiger partial charge in [0.05, 0.1) is 23.0 Å². The summed E-state index contributed by atoms with van der Waals surface area (Å²) in [6, 6.07) is 12.0. The number of hydrogen-bond acceptors (Lipinski definition) is 4. The summed E-state index contributed by atoms with van der Waals surface area (Å²) < 4.78 is 0. The molecule has 19 heavy (non-hydrogen) atoms. The van der Waals surface area contributed by atoms with E-state index in [2.05, 4.69) is 21.3 Å². The number of fused-ring (bicyclic) bond motifs is 1. The molecule has 0 amide bonds. The summed E-state index contributed by atoms with van der Waals surface area (Å²) >= 11 is 0. The van der Waals surface area contributed by atoms with Crippen LogP contribution in [0.2, 0.25) is 0 Å². The van der Waals surface area contributed by atoms with Crippen LogP contribution in [-0.4, -0.2) is 18.1 Å². The number of hydrogen-bond donors (Lipinski definition) is 1. The molecule has 4 nitrogen and oxygen atoms in total. The Morgan fingerprint density at radius 3 is 2.89 bits per heavy atom. The zero-order valence-corrected chi connectivity index (χ0v) is 10.5. The van der Waals surface area contributed by atoms with Gasteiger partial charge in [-0.05, 0) is 35.9 Å². The first-order valence-electron chi connectivity index (χ1n) is 6.29. The molecule has 2 heterocycles. The molecule has 0 fully saturated rings. The molecule has 0 bridgehead atoms. The maximum atomic E-state index is 9.02. The van der Waals surface area contributed by atoms with Crippen LogP contribution in [0.3, 0.4) is 0 Å². The number of rotatable bonds is 2. The molecule has 1 aliphatic heterocycles. The van der Waals surface area contributed by atoms with Crippen molar-refractivity contribution in [1.29, 1.82) is 5.26 Å². The van der Waals surface area contributed by atoms with Crippen molar-refractivity contribution in [3.05, 3.63) is 53.9 Å². The van der Waals surface area contributed by atoms with Crippen molar-refractivity contribution in [2.45, 2.75) is 6.54 Å². The largest absolute Gasteiger partial charge is 0.382 e. The Morgan fingerprint density at radius 1 is 1.26 bits per heavy atom. The first-order valence-corrected chi connectivity index (χ1v) is 6.29. The number of benzene rings is 1. The highest BCUT2D eigenvalue weighted by atomic mass is 15.2. The fraction of sp³-hybridized carbons (Fsp3) is 0.200. The topological polar surface area (TPSA) is 52.0 Å². The third-order valence-corrected chi connectivity index (χ3v) is 3.29. The number of nitrogens with one attached hydrogen (secondary N) is 1. The van der Waals surface area contributed by atoms with Crippen molar-refractivity contribution in [3.63, 3.8) is 0 Å². The second-order valence-corrected chi connectivity index (χ2v) is 4.55. The Morgan fingerprint density at radius 2 is 2.11 bits per heavy atom. The number of nitriles is 1. The lowest BCUT2D eigenvalue weighted by Gasteiger charge is -2.32. The van der Waals surface area contributed by atoms with Crippen LogP contribution in [0.15, 0.2) is 42.7 Å². The summed E-state index contributed by atoms with van der Waals surface area (Å²) in [4.78, 5) is 6.33. The maximum Gasteiger partial charge on any atom is 0.0992 e. The highest BCUT2D eigenvalue weighted by molar-refractivity contribution is 5.73. The summed E-state index contributed by atoms with van der Waals surface area (Å²) in [7, 11) is 0. The fourth-order valence-electron chi connectivity index (χ4n) is 2.33. The van der Waals surface area contributed by atoms with Crippen molar-refractivity contribution in [2.75, 3.05) is 23.3 Å². The summed E-state index contributed by atoms with van der Waals surface area (Å²) in [6.07, 6.45) is 3.62. The Kier molecular flexibility index (Phi) is 3.03. The number of aromatic nitrogens is 1. The van der Waals surface area contributed by atoms with E-state index in [1.54, 1.807) is 0 Å². The Bertz CT molecular complexity index is 616. The van der Waals surface area contributed by atoms with Gasteiger partial charge in [0.1, 0.15) is 0 Å². The highest BCUT2D eigenvalue weighted by Gasteiger charge is 2.16. The molecule has 0 saturated carbocycles. The van der Waals surface area contributed by atoms with Crippen LogP contribution in [0, 0.1) is 11.3 Å². The van der Waals surface area contributed by atoms with Gasteiger partial charge in [0.25, 0.3) is 0 Å². The predicted molar refractivity (Wildman–Crippen MR) is 74.9 cm³/mol. The fourth-order valence-corrected chi connectivity index (χ4v) is 2.33. The Hall–Kier alpha value is -2.54. The molecule has 0 atom stereocenters. The monoisotopic (exact) mass is 250 g/mol. The lowest BCUT2D eigenvalue weighted by atomic mass is 10.1. The molecule has 0 radical (unpaired) electrons. The minimum atomic E-state index is 0.696. The van der Waals surface area contributed by atoms with Gasteiger partial charge in [0.15, 0.2) is 0 Å². The summed E-state index contributed by atoms with van der Waals surface area (Å²) in [5.74, 6) is 0. The third-order valence-electron chi connectivity index (χ3n) is 3.29. The second-order valence-electron chi connectivity index (χ2n) is 4.55. The molecule has 1 aliphatic rings. The molecule has 0 unspecified atom stereocenters. The lowest BCUT2D eigenvalue weighted by molar-refractivity contribution is 0.786. The average Bonchev–Trinajstić information content (AvgIpc) is 2.48. The SMILES string of the molecule is N#Cc1ccc2c(c1)N(Cc1ccncc1)CCN2. The molecule has 0 saturated heterocycles. The van der Waals surface area contributed by atoms with E-state index in [1.165, 1.54) is 5.56 Å². The van der Waals surface area contributed by atoms with E-state index >= 15 is 0 Å². The van der Waals surface area contributed by atoms with Crippen molar-refractivity contribution >= 4 is 11.4 Å². The van der Waals surface area contributed by atoms with Gasteiger partial charge in [-0.3, -0.25) is 4.98 Å². The van der Waals surface area contributed by atoms with Crippen LogP contribution in [0.25, 0.3) is 0 Å². The normalized spacial score (nSPS) is 13.3. The molecule has 0 spiro atoms. The number of pyridine rings is 1. The van der Waals surface area contributed by atoms with E-state index in [9.17, 15) is 0 Å². The Labute approximate surface area is 112 Å². The van der Waals surface area contributed by atoms with Crippen LogP contribution in [0.5, 0.6) is 0 Å². The van der Waals surface area contributed by atoms with Crippen LogP contribution in [0.4, 0.5) is 11.4 Å². The van der Waals surface area contributed by atoms with Crippen LogP contribution in [0.1, 0.15) is 11.1 Å². The molecule has 1 N–H and O–H groups in total. The van der Waals surface area contributed by atoms with E-state index < -0.39 is 0 Å². The molecular weight excluding hydrogens is 236 g/mol. The van der Waals surface area contributed by atoms with E-state index in [0.717, 1.165) is 31.0 Å². The van der Waals surface area contributed by atoms with Crippen molar-refractivity contribution in [3.8, 4) is 6.07 Å². The summed E-state index contributed by atoms with van der Waals surface area (Å²) in [5, 5.41) is 12.4. The molecule has 4 heteroatoms. The van der Waals surface area contributed by atoms with Crippen molar-refractivity contribution in [1.82, 2.24) is 4.98 Å². The van der Waals surface area contributed by atoms with Gasteiger partial charge in [-0.25, -0.2) is 0 Å². The quantitative estimate of drug-likeness (QED) is 0.889. The highest BCUT2D eigenvalue weighted by Crippen LogP contribution is 2.30. The van der Waals surface area contributed by atoms with E-state index in [0.29, 0.717) is 5.56 Å². The first kappa shape index (κ1) is 11.5. The minimum Gasteiger partial charge on any atom is -0.382 e. The van der Waals surface area contributed by atoms with Gasteiger partial charge in [-0.15, -0.1) is 0 Å².